The Hall–Kier alpha value is -3.09. The molecule has 0 radical (unpaired) electrons. The average Bonchev–Trinajstić information content (AvgIpc) is 3.64. The lowest BCUT2D eigenvalue weighted by Gasteiger charge is -2.18. The first-order chi connectivity index (χ1) is 19.3. The van der Waals surface area contributed by atoms with E-state index < -0.39 is 17.8 Å². The second-order valence-electron chi connectivity index (χ2n) is 10.0. The molecule has 2 aliphatic rings. The summed E-state index contributed by atoms with van der Waals surface area (Å²) in [5.74, 6) is -1.13. The van der Waals surface area contributed by atoms with Crippen molar-refractivity contribution in [1.82, 2.24) is 14.5 Å². The summed E-state index contributed by atoms with van der Waals surface area (Å²) in [7, 11) is 0. The maximum Gasteiger partial charge on any atom is 0.348 e. The molecule has 1 fully saturated rings. The Bertz CT molecular complexity index is 1520. The van der Waals surface area contributed by atoms with Crippen molar-refractivity contribution in [2.45, 2.75) is 72.4 Å². The highest BCUT2D eigenvalue weighted by atomic mass is 32.1. The van der Waals surface area contributed by atoms with Crippen molar-refractivity contribution in [3.8, 4) is 0 Å². The molecule has 0 saturated carbocycles. The van der Waals surface area contributed by atoms with Gasteiger partial charge in [0.15, 0.2) is 0 Å². The molecule has 0 aromatic carbocycles. The molecule has 1 amide bonds. The van der Waals surface area contributed by atoms with Gasteiger partial charge >= 0.3 is 11.9 Å². The summed E-state index contributed by atoms with van der Waals surface area (Å²) >= 11 is 2.57. The topological polar surface area (TPSA) is 120 Å². The second-order valence-corrected chi connectivity index (χ2v) is 12.1. The lowest BCUT2D eigenvalue weighted by molar-refractivity contribution is -0.116. The fourth-order valence-electron chi connectivity index (χ4n) is 5.46. The van der Waals surface area contributed by atoms with E-state index in [1.165, 1.54) is 9.44 Å². The number of esters is 2. The highest BCUT2D eigenvalue weighted by molar-refractivity contribution is 7.19. The second kappa shape index (κ2) is 12.2. The zero-order valence-electron chi connectivity index (χ0n) is 23.1. The van der Waals surface area contributed by atoms with Crippen LogP contribution in [0.15, 0.2) is 4.79 Å². The summed E-state index contributed by atoms with van der Waals surface area (Å²) in [4.78, 5) is 62.1. The van der Waals surface area contributed by atoms with Gasteiger partial charge in [0.05, 0.1) is 30.7 Å². The van der Waals surface area contributed by atoms with E-state index in [-0.39, 0.29) is 40.8 Å². The molecule has 12 heteroatoms. The number of hydrogen-bond donors (Lipinski definition) is 1. The van der Waals surface area contributed by atoms with Gasteiger partial charge in [0.2, 0.25) is 5.91 Å². The summed E-state index contributed by atoms with van der Waals surface area (Å²) in [6.45, 7) is 7.40. The van der Waals surface area contributed by atoms with Crippen LogP contribution < -0.4 is 10.9 Å². The van der Waals surface area contributed by atoms with E-state index >= 15 is 0 Å². The summed E-state index contributed by atoms with van der Waals surface area (Å²) in [6.07, 6.45) is 6.13. The first-order valence-electron chi connectivity index (χ1n) is 13.9. The molecule has 214 valence electrons. The number of nitrogens with zero attached hydrogens (tertiary/aromatic N) is 3. The number of aromatic nitrogens is 2. The van der Waals surface area contributed by atoms with Gasteiger partial charge in [-0.3, -0.25) is 19.1 Å². The predicted molar refractivity (Wildman–Crippen MR) is 155 cm³/mol. The Morgan fingerprint density at radius 3 is 2.40 bits per heavy atom. The molecule has 1 saturated heterocycles. The fourth-order valence-corrected chi connectivity index (χ4v) is 7.83. The lowest BCUT2D eigenvalue weighted by Crippen LogP contribution is -2.34. The minimum atomic E-state index is -0.637. The minimum absolute atomic E-state index is 0.119. The van der Waals surface area contributed by atoms with Gasteiger partial charge in [-0.2, -0.15) is 0 Å². The van der Waals surface area contributed by atoms with Gasteiger partial charge in [0.1, 0.15) is 27.1 Å². The summed E-state index contributed by atoms with van der Waals surface area (Å²) < 4.78 is 11.8. The monoisotopic (exact) mass is 586 g/mol. The van der Waals surface area contributed by atoms with Gasteiger partial charge < -0.3 is 14.8 Å². The van der Waals surface area contributed by atoms with E-state index in [0.717, 1.165) is 73.3 Å². The number of nitrogens with one attached hydrogen (secondary N) is 1. The van der Waals surface area contributed by atoms with Crippen LogP contribution in [0.5, 0.6) is 0 Å². The molecule has 0 spiro atoms. The Balaban J connectivity index is 1.50. The maximum atomic E-state index is 13.9. The molecule has 3 aromatic rings. The standard InChI is InChI=1S/C28H34N4O6S2/c1-4-37-27(35)21-16(3)23(28(36)38-5-2)40-24(21)30-20(33)15-32-19(14-31-12-8-9-13-31)29-25-22(26(32)34)17-10-6-7-11-18(17)39-25/h4-15H2,1-3H3,(H,30,33). The van der Waals surface area contributed by atoms with Crippen LogP contribution >= 0.6 is 22.7 Å². The molecular weight excluding hydrogens is 552 g/mol. The van der Waals surface area contributed by atoms with Crippen LogP contribution in [0, 0.1) is 6.92 Å². The van der Waals surface area contributed by atoms with Crippen molar-refractivity contribution in [1.29, 1.82) is 0 Å². The Morgan fingerprint density at radius 2 is 1.68 bits per heavy atom. The number of hydrogen-bond acceptors (Lipinski definition) is 10. The molecule has 3 aromatic heterocycles. The minimum Gasteiger partial charge on any atom is -0.462 e. The van der Waals surface area contributed by atoms with Gasteiger partial charge in [-0.25, -0.2) is 14.6 Å². The van der Waals surface area contributed by atoms with Crippen molar-refractivity contribution < 1.29 is 23.9 Å². The first-order valence-corrected chi connectivity index (χ1v) is 15.5. The largest absolute Gasteiger partial charge is 0.462 e. The molecule has 0 unspecified atom stereocenters. The van der Waals surface area contributed by atoms with Crippen LogP contribution in [0.25, 0.3) is 10.2 Å². The third-order valence-corrected chi connectivity index (χ3v) is 9.73. The van der Waals surface area contributed by atoms with E-state index in [4.69, 9.17) is 14.5 Å². The number of aryl methyl sites for hydroxylation is 2. The Labute approximate surface area is 240 Å². The average molecular weight is 587 g/mol. The molecular formula is C28H34N4O6S2. The first kappa shape index (κ1) is 28.4. The number of fused-ring (bicyclic) bond motifs is 3. The van der Waals surface area contributed by atoms with Crippen LogP contribution in [-0.4, -0.2) is 58.6 Å². The Kier molecular flexibility index (Phi) is 8.67. The summed E-state index contributed by atoms with van der Waals surface area (Å²) in [6, 6.07) is 0. The molecule has 0 atom stereocenters. The molecule has 0 bridgehead atoms. The molecule has 1 N–H and O–H groups in total. The number of rotatable bonds is 9. The third-order valence-electron chi connectivity index (χ3n) is 7.36. The molecule has 40 heavy (non-hydrogen) atoms. The number of thiophene rings is 2. The van der Waals surface area contributed by atoms with Crippen LogP contribution in [0.3, 0.4) is 0 Å². The van der Waals surface area contributed by atoms with Crippen LogP contribution in [0.4, 0.5) is 5.00 Å². The van der Waals surface area contributed by atoms with E-state index in [1.54, 1.807) is 32.1 Å². The maximum absolute atomic E-state index is 13.9. The van der Waals surface area contributed by atoms with E-state index in [9.17, 15) is 19.2 Å². The molecule has 1 aliphatic carbocycles. The smallest absolute Gasteiger partial charge is 0.348 e. The van der Waals surface area contributed by atoms with Crippen molar-refractivity contribution >= 4 is 55.7 Å². The Morgan fingerprint density at radius 1 is 0.975 bits per heavy atom. The van der Waals surface area contributed by atoms with E-state index in [0.29, 0.717) is 23.3 Å². The van der Waals surface area contributed by atoms with Gasteiger partial charge in [0, 0.05) is 4.88 Å². The molecule has 4 heterocycles. The van der Waals surface area contributed by atoms with Gasteiger partial charge in [0.25, 0.3) is 5.56 Å². The summed E-state index contributed by atoms with van der Waals surface area (Å²) in [5, 5.41) is 3.60. The number of anilines is 1. The van der Waals surface area contributed by atoms with Crippen molar-refractivity contribution in [3.05, 3.63) is 42.6 Å². The lowest BCUT2D eigenvalue weighted by atomic mass is 9.97. The molecule has 1 aliphatic heterocycles. The van der Waals surface area contributed by atoms with E-state index in [2.05, 4.69) is 10.2 Å². The SMILES string of the molecule is CCOC(=O)c1sc(NC(=O)Cn2c(CN3CCCC3)nc3sc4c(c3c2=O)CCCC4)c(C(=O)OCC)c1C. The number of ether oxygens (including phenoxy) is 2. The van der Waals surface area contributed by atoms with Crippen LogP contribution in [-0.2, 0) is 40.2 Å². The fraction of sp³-hybridized carbons (Fsp3) is 0.536. The number of likely N-dealkylation sites (tertiary alicyclic amines) is 1. The van der Waals surface area contributed by atoms with Crippen molar-refractivity contribution in [2.24, 2.45) is 0 Å². The molecule has 10 nitrogen and oxygen atoms in total. The van der Waals surface area contributed by atoms with Crippen LogP contribution in [0.2, 0.25) is 0 Å². The zero-order chi connectivity index (χ0) is 28.4. The third kappa shape index (κ3) is 5.57. The molecule has 5 rings (SSSR count). The zero-order valence-corrected chi connectivity index (χ0v) is 24.7. The summed E-state index contributed by atoms with van der Waals surface area (Å²) in [5.41, 5.74) is 1.38. The number of amides is 1. The highest BCUT2D eigenvalue weighted by Crippen LogP contribution is 2.35. The number of carbonyl (C=O) groups is 3. The quantitative estimate of drug-likeness (QED) is 0.369. The number of carbonyl (C=O) groups excluding carboxylic acids is 3. The van der Waals surface area contributed by atoms with Gasteiger partial charge in [-0.1, -0.05) is 0 Å². The highest BCUT2D eigenvalue weighted by Gasteiger charge is 2.29. The van der Waals surface area contributed by atoms with Crippen LogP contribution in [0.1, 0.15) is 81.4 Å². The van der Waals surface area contributed by atoms with Crippen molar-refractivity contribution in [2.75, 3.05) is 31.6 Å². The normalized spacial score (nSPS) is 15.3. The van der Waals surface area contributed by atoms with Gasteiger partial charge in [-0.05, 0) is 83.5 Å². The van der Waals surface area contributed by atoms with E-state index in [1.807, 2.05) is 0 Å². The van der Waals surface area contributed by atoms with Crippen molar-refractivity contribution in [3.63, 3.8) is 0 Å². The predicted octanol–water partition coefficient (Wildman–Crippen LogP) is 4.29. The van der Waals surface area contributed by atoms with Gasteiger partial charge in [-0.15, -0.1) is 22.7 Å².